The van der Waals surface area contributed by atoms with Crippen LogP contribution in [0.3, 0.4) is 0 Å². The lowest BCUT2D eigenvalue weighted by Crippen LogP contribution is -2.30. The molecule has 3 aliphatic rings. The standard InChI is InChI=1S/C30H31N9O6/c1-16-5-6-31-26(32-16)20-10-21(20)28(42)34-23-11-24(36-29(35-23)44-8-7-40)45-15-19-13-38-12-18(17-3-4-17)9-22(27(38)33-19)39-14-25(41)37(2)30(39)43/h5-6,9,11-13,17,20-21,40H,3-4,7-8,10,14-15H2,1-2H3,(H,34,35,36,42). The fourth-order valence-electron chi connectivity index (χ4n) is 5.37. The van der Waals surface area contributed by atoms with Crippen molar-refractivity contribution in [3.63, 3.8) is 0 Å². The summed E-state index contributed by atoms with van der Waals surface area (Å²) in [6, 6.07) is 4.77. The van der Waals surface area contributed by atoms with Gasteiger partial charge in [-0.05, 0) is 49.8 Å². The Bertz CT molecular complexity index is 1820. The third-order valence-electron chi connectivity index (χ3n) is 8.02. The maximum Gasteiger partial charge on any atom is 0.331 e. The zero-order valence-corrected chi connectivity index (χ0v) is 24.7. The smallest absolute Gasteiger partial charge is 0.331 e. The van der Waals surface area contributed by atoms with Gasteiger partial charge in [0.1, 0.15) is 31.4 Å². The number of pyridine rings is 1. The number of carbonyl (C=O) groups is 3. The van der Waals surface area contributed by atoms with Crippen LogP contribution in [0.1, 0.15) is 53.9 Å². The molecule has 2 unspecified atom stereocenters. The lowest BCUT2D eigenvalue weighted by Gasteiger charge is -2.17. The van der Waals surface area contributed by atoms with Gasteiger partial charge in [0.05, 0.1) is 18.0 Å². The minimum atomic E-state index is -0.398. The van der Waals surface area contributed by atoms with Crippen LogP contribution in [-0.4, -0.2) is 84.0 Å². The van der Waals surface area contributed by atoms with Crippen LogP contribution in [0.25, 0.3) is 5.65 Å². The van der Waals surface area contributed by atoms with Gasteiger partial charge in [-0.15, -0.1) is 0 Å². The molecule has 15 heteroatoms. The second kappa shape index (κ2) is 11.4. The number of amides is 4. The van der Waals surface area contributed by atoms with E-state index in [1.54, 1.807) is 6.20 Å². The second-order valence-electron chi connectivity index (χ2n) is 11.4. The van der Waals surface area contributed by atoms with E-state index in [0.717, 1.165) is 29.0 Å². The van der Waals surface area contributed by atoms with E-state index in [0.29, 0.717) is 35.2 Å². The number of ether oxygens (including phenoxy) is 2. The van der Waals surface area contributed by atoms with Crippen LogP contribution in [0.15, 0.2) is 36.8 Å². The van der Waals surface area contributed by atoms with Gasteiger partial charge < -0.3 is 24.3 Å². The molecule has 45 heavy (non-hydrogen) atoms. The number of aliphatic hydroxyl groups excluding tert-OH is 1. The van der Waals surface area contributed by atoms with Crippen molar-refractivity contribution < 1.29 is 29.0 Å². The average molecular weight is 614 g/mol. The summed E-state index contributed by atoms with van der Waals surface area (Å²) in [6.07, 6.45) is 8.25. The average Bonchev–Trinajstić information content (AvgIpc) is 3.96. The van der Waals surface area contributed by atoms with Crippen molar-refractivity contribution in [2.24, 2.45) is 5.92 Å². The van der Waals surface area contributed by atoms with Crippen LogP contribution < -0.4 is 19.7 Å². The number of likely N-dealkylation sites (N-methyl/N-ethyl adjacent to an activating group) is 1. The number of urea groups is 1. The van der Waals surface area contributed by atoms with E-state index in [9.17, 15) is 19.5 Å². The van der Waals surface area contributed by atoms with Gasteiger partial charge in [0.2, 0.25) is 17.7 Å². The summed E-state index contributed by atoms with van der Waals surface area (Å²) in [5.74, 6) is 0.479. The minimum absolute atomic E-state index is 0.00585. The molecule has 1 aliphatic heterocycles. The number of aryl methyl sites for hydroxylation is 1. The Morgan fingerprint density at radius 3 is 2.69 bits per heavy atom. The first-order chi connectivity index (χ1) is 21.8. The number of aromatic nitrogens is 6. The van der Waals surface area contributed by atoms with E-state index >= 15 is 0 Å². The van der Waals surface area contributed by atoms with Crippen LogP contribution in [0.2, 0.25) is 0 Å². The molecule has 0 bridgehead atoms. The van der Waals surface area contributed by atoms with Gasteiger partial charge >= 0.3 is 12.0 Å². The summed E-state index contributed by atoms with van der Waals surface area (Å²) < 4.78 is 13.2. The maximum absolute atomic E-state index is 13.0. The molecule has 4 amide bonds. The summed E-state index contributed by atoms with van der Waals surface area (Å²) in [6.45, 7) is 1.54. The molecule has 4 aromatic heterocycles. The molecule has 232 valence electrons. The van der Waals surface area contributed by atoms with Crippen molar-refractivity contribution in [2.45, 2.75) is 44.6 Å². The van der Waals surface area contributed by atoms with E-state index in [2.05, 4.69) is 25.3 Å². The Morgan fingerprint density at radius 1 is 1.11 bits per heavy atom. The number of anilines is 2. The van der Waals surface area contributed by atoms with Crippen LogP contribution >= 0.6 is 0 Å². The van der Waals surface area contributed by atoms with Crippen molar-refractivity contribution in [3.05, 3.63) is 59.6 Å². The summed E-state index contributed by atoms with van der Waals surface area (Å²) in [5.41, 5.74) is 3.55. The molecule has 2 saturated carbocycles. The Morgan fingerprint density at radius 2 is 1.96 bits per heavy atom. The lowest BCUT2D eigenvalue weighted by atomic mass is 10.1. The van der Waals surface area contributed by atoms with Gasteiger partial charge in [0.15, 0.2) is 5.65 Å². The van der Waals surface area contributed by atoms with Crippen LogP contribution in [0.4, 0.5) is 16.3 Å². The molecule has 2 atom stereocenters. The minimum Gasteiger partial charge on any atom is -0.471 e. The number of hydrogen-bond donors (Lipinski definition) is 2. The number of imide groups is 1. The molecule has 7 rings (SSSR count). The first-order valence-corrected chi connectivity index (χ1v) is 14.7. The van der Waals surface area contributed by atoms with Crippen molar-refractivity contribution in [3.8, 4) is 11.9 Å². The van der Waals surface area contributed by atoms with Gasteiger partial charge in [0.25, 0.3) is 0 Å². The quantitative estimate of drug-likeness (QED) is 0.237. The predicted octanol–water partition coefficient (Wildman–Crippen LogP) is 2.19. The SMILES string of the molecule is Cc1ccnc(C2CC2C(=O)Nc2cc(OCc3cn4cc(C5CC5)cc(N5CC(=O)N(C)C5=O)c4n3)nc(OCCO)n2)n1. The number of nitrogens with one attached hydrogen (secondary N) is 1. The Kier molecular flexibility index (Phi) is 7.23. The zero-order valence-electron chi connectivity index (χ0n) is 24.7. The number of fused-ring (bicyclic) bond motifs is 1. The van der Waals surface area contributed by atoms with Crippen LogP contribution in [0, 0.1) is 12.8 Å². The molecular weight excluding hydrogens is 582 g/mol. The predicted molar refractivity (Wildman–Crippen MR) is 158 cm³/mol. The van der Waals surface area contributed by atoms with E-state index in [4.69, 9.17) is 14.5 Å². The van der Waals surface area contributed by atoms with E-state index in [1.165, 1.54) is 18.0 Å². The highest BCUT2D eigenvalue weighted by Crippen LogP contribution is 2.46. The molecule has 5 heterocycles. The second-order valence-corrected chi connectivity index (χ2v) is 11.4. The van der Waals surface area contributed by atoms with Gasteiger partial charge in [-0.25, -0.2) is 19.7 Å². The zero-order chi connectivity index (χ0) is 31.2. The van der Waals surface area contributed by atoms with E-state index < -0.39 is 6.03 Å². The Balaban J connectivity index is 1.10. The molecule has 0 radical (unpaired) electrons. The van der Waals surface area contributed by atoms with Crippen molar-refractivity contribution in [1.29, 1.82) is 0 Å². The van der Waals surface area contributed by atoms with Gasteiger partial charge in [-0.3, -0.25) is 19.4 Å². The van der Waals surface area contributed by atoms with Gasteiger partial charge in [-0.2, -0.15) is 9.97 Å². The van der Waals surface area contributed by atoms with E-state index in [-0.39, 0.29) is 67.7 Å². The third-order valence-corrected chi connectivity index (χ3v) is 8.02. The summed E-state index contributed by atoms with van der Waals surface area (Å²) in [5, 5.41) is 12.0. The molecule has 2 aliphatic carbocycles. The van der Waals surface area contributed by atoms with Crippen LogP contribution in [0.5, 0.6) is 11.9 Å². The van der Waals surface area contributed by atoms with Gasteiger partial charge in [-0.1, -0.05) is 0 Å². The third kappa shape index (κ3) is 5.85. The summed E-state index contributed by atoms with van der Waals surface area (Å²) >= 11 is 0. The maximum atomic E-state index is 13.0. The summed E-state index contributed by atoms with van der Waals surface area (Å²) in [4.78, 5) is 62.7. The van der Waals surface area contributed by atoms with Gasteiger partial charge in [0, 0.05) is 49.2 Å². The van der Waals surface area contributed by atoms with Crippen LogP contribution in [-0.2, 0) is 16.2 Å². The molecular formula is C30H31N9O6. The molecule has 2 N–H and O–H groups in total. The highest BCUT2D eigenvalue weighted by atomic mass is 16.5. The fourth-order valence-corrected chi connectivity index (χ4v) is 5.37. The highest BCUT2D eigenvalue weighted by Gasteiger charge is 2.46. The number of rotatable bonds is 11. The molecule has 0 spiro atoms. The molecule has 1 saturated heterocycles. The fraction of sp³-hybridized carbons (Fsp3) is 0.400. The first-order valence-electron chi connectivity index (χ1n) is 14.7. The Hall–Kier alpha value is -5.18. The highest BCUT2D eigenvalue weighted by molar-refractivity contribution is 6.13. The monoisotopic (exact) mass is 613 g/mol. The lowest BCUT2D eigenvalue weighted by molar-refractivity contribution is -0.124. The molecule has 3 fully saturated rings. The number of imidazole rings is 1. The van der Waals surface area contributed by atoms with E-state index in [1.807, 2.05) is 35.9 Å². The summed E-state index contributed by atoms with van der Waals surface area (Å²) in [7, 11) is 1.47. The van der Waals surface area contributed by atoms with Crippen molar-refractivity contribution in [2.75, 3.05) is 37.0 Å². The number of nitrogens with zero attached hydrogens (tertiary/aromatic N) is 8. The molecule has 15 nitrogen and oxygen atoms in total. The van der Waals surface area contributed by atoms with Crippen molar-refractivity contribution in [1.82, 2.24) is 34.2 Å². The number of carbonyl (C=O) groups excluding carboxylic acids is 3. The largest absolute Gasteiger partial charge is 0.471 e. The van der Waals surface area contributed by atoms with Crippen molar-refractivity contribution >= 4 is 35.0 Å². The number of hydrogen-bond acceptors (Lipinski definition) is 11. The Labute approximate surface area is 257 Å². The molecule has 0 aromatic carbocycles. The topological polar surface area (TPSA) is 177 Å². The first kappa shape index (κ1) is 28.6. The molecule has 4 aromatic rings. The number of aliphatic hydroxyl groups is 1. The normalized spacial score (nSPS) is 19.4.